The zero-order valence-electron chi connectivity index (χ0n) is 10.3. The van der Waals surface area contributed by atoms with Crippen molar-refractivity contribution >= 4 is 5.82 Å². The van der Waals surface area contributed by atoms with Crippen LogP contribution in [0, 0.1) is 5.92 Å². The van der Waals surface area contributed by atoms with E-state index in [1.54, 1.807) is 0 Å². The largest absolute Gasteiger partial charge is 0.356 e. The lowest BCUT2D eigenvalue weighted by Crippen LogP contribution is -2.40. The molecule has 0 aromatic carbocycles. The Labute approximate surface area is 103 Å². The first-order valence-electron chi connectivity index (χ1n) is 6.81. The maximum atomic E-state index is 4.45. The summed E-state index contributed by atoms with van der Waals surface area (Å²) in [6.07, 6.45) is 7.32. The fraction of sp³-hybridized carbons (Fsp3) is 0.643. The van der Waals surface area contributed by atoms with Crippen LogP contribution in [0.3, 0.4) is 0 Å². The van der Waals surface area contributed by atoms with Gasteiger partial charge in [0.15, 0.2) is 0 Å². The van der Waals surface area contributed by atoms with E-state index in [0.717, 1.165) is 30.9 Å². The molecule has 0 spiro atoms. The molecule has 3 rings (SSSR count). The Kier molecular flexibility index (Phi) is 3.27. The van der Waals surface area contributed by atoms with Crippen molar-refractivity contribution < 1.29 is 0 Å². The second-order valence-corrected chi connectivity index (χ2v) is 5.32. The van der Waals surface area contributed by atoms with Crippen LogP contribution in [0.2, 0.25) is 0 Å². The highest BCUT2D eigenvalue weighted by Crippen LogP contribution is 2.23. The Balaban J connectivity index is 1.55. The fourth-order valence-electron chi connectivity index (χ4n) is 2.60. The molecule has 3 nitrogen and oxygen atoms in total. The number of nitrogens with zero attached hydrogens (tertiary/aromatic N) is 2. The van der Waals surface area contributed by atoms with Gasteiger partial charge in [-0.2, -0.15) is 0 Å². The first-order valence-corrected chi connectivity index (χ1v) is 6.81. The van der Waals surface area contributed by atoms with Crippen molar-refractivity contribution in [1.29, 1.82) is 0 Å². The lowest BCUT2D eigenvalue weighted by atomic mass is 9.98. The molecule has 1 aromatic rings. The molecule has 1 N–H and O–H groups in total. The number of pyridine rings is 1. The van der Waals surface area contributed by atoms with Crippen molar-refractivity contribution in [1.82, 2.24) is 10.3 Å². The molecule has 1 atom stereocenters. The van der Waals surface area contributed by atoms with E-state index in [0.29, 0.717) is 0 Å². The molecule has 3 heteroatoms. The lowest BCUT2D eigenvalue weighted by molar-refractivity contribution is 0.389. The van der Waals surface area contributed by atoms with E-state index >= 15 is 0 Å². The molecule has 2 heterocycles. The average Bonchev–Trinajstić information content (AvgIpc) is 3.22. The lowest BCUT2D eigenvalue weighted by Gasteiger charge is -2.33. The van der Waals surface area contributed by atoms with Crippen molar-refractivity contribution in [3.05, 3.63) is 24.4 Å². The second kappa shape index (κ2) is 5.05. The number of aromatic nitrogens is 1. The molecular formula is C14H21N3. The van der Waals surface area contributed by atoms with E-state index in [4.69, 9.17) is 0 Å². The summed E-state index contributed by atoms with van der Waals surface area (Å²) in [5, 5.41) is 3.65. The summed E-state index contributed by atoms with van der Waals surface area (Å²) in [6.45, 7) is 3.52. The minimum Gasteiger partial charge on any atom is -0.356 e. The maximum absolute atomic E-state index is 4.45. The van der Waals surface area contributed by atoms with Crippen LogP contribution in [-0.2, 0) is 0 Å². The zero-order chi connectivity index (χ0) is 11.5. The molecule has 1 aliphatic heterocycles. The molecule has 2 aliphatic rings. The van der Waals surface area contributed by atoms with E-state index < -0.39 is 0 Å². The Bertz CT molecular complexity index is 348. The fourth-order valence-corrected chi connectivity index (χ4v) is 2.60. The number of hydrogen-bond donors (Lipinski definition) is 1. The number of anilines is 1. The summed E-state index contributed by atoms with van der Waals surface area (Å²) in [6, 6.07) is 7.02. The third-order valence-corrected chi connectivity index (χ3v) is 3.76. The van der Waals surface area contributed by atoms with Crippen LogP contribution in [-0.4, -0.2) is 30.7 Å². The van der Waals surface area contributed by atoms with Crippen molar-refractivity contribution in [3.63, 3.8) is 0 Å². The summed E-state index contributed by atoms with van der Waals surface area (Å²) < 4.78 is 0. The number of hydrogen-bond acceptors (Lipinski definition) is 3. The van der Waals surface area contributed by atoms with Gasteiger partial charge in [-0.15, -0.1) is 0 Å². The van der Waals surface area contributed by atoms with Gasteiger partial charge in [-0.05, 0) is 50.3 Å². The van der Waals surface area contributed by atoms with Crippen molar-refractivity contribution in [3.8, 4) is 0 Å². The van der Waals surface area contributed by atoms with Crippen LogP contribution >= 0.6 is 0 Å². The van der Waals surface area contributed by atoms with E-state index in [2.05, 4.69) is 27.3 Å². The van der Waals surface area contributed by atoms with Gasteiger partial charge in [-0.25, -0.2) is 4.98 Å². The molecule has 0 radical (unpaired) electrons. The van der Waals surface area contributed by atoms with E-state index in [1.165, 1.54) is 32.2 Å². The molecule has 1 saturated heterocycles. The summed E-state index contributed by atoms with van der Waals surface area (Å²) in [5.41, 5.74) is 0. The average molecular weight is 231 g/mol. The van der Waals surface area contributed by atoms with Gasteiger partial charge in [0.2, 0.25) is 0 Å². The SMILES string of the molecule is c1ccc(N2CCCC(CNC3CC3)C2)nc1. The second-order valence-electron chi connectivity index (χ2n) is 5.32. The molecule has 0 amide bonds. The first kappa shape index (κ1) is 11.0. The van der Waals surface area contributed by atoms with Crippen LogP contribution in [0.15, 0.2) is 24.4 Å². The molecule has 2 fully saturated rings. The smallest absolute Gasteiger partial charge is 0.128 e. The zero-order valence-corrected chi connectivity index (χ0v) is 10.3. The normalized spacial score (nSPS) is 24.9. The van der Waals surface area contributed by atoms with Crippen molar-refractivity contribution in [2.45, 2.75) is 31.7 Å². The number of piperidine rings is 1. The first-order chi connectivity index (χ1) is 8.42. The monoisotopic (exact) mass is 231 g/mol. The highest BCUT2D eigenvalue weighted by atomic mass is 15.2. The summed E-state index contributed by atoms with van der Waals surface area (Å²) in [7, 11) is 0. The molecular weight excluding hydrogens is 210 g/mol. The van der Waals surface area contributed by atoms with Crippen LogP contribution in [0.4, 0.5) is 5.82 Å². The van der Waals surface area contributed by atoms with Crippen molar-refractivity contribution in [2.24, 2.45) is 5.92 Å². The minimum atomic E-state index is 0.798. The van der Waals surface area contributed by atoms with Gasteiger partial charge in [0.1, 0.15) is 5.82 Å². The quantitative estimate of drug-likeness (QED) is 0.859. The molecule has 92 valence electrons. The highest BCUT2D eigenvalue weighted by Gasteiger charge is 2.24. The molecule has 1 aliphatic carbocycles. The Morgan fingerprint density at radius 3 is 3.00 bits per heavy atom. The molecule has 1 unspecified atom stereocenters. The maximum Gasteiger partial charge on any atom is 0.128 e. The summed E-state index contributed by atoms with van der Waals surface area (Å²) in [4.78, 5) is 6.88. The Morgan fingerprint density at radius 2 is 2.24 bits per heavy atom. The number of rotatable bonds is 4. The number of nitrogens with one attached hydrogen (secondary N) is 1. The topological polar surface area (TPSA) is 28.2 Å². The Morgan fingerprint density at radius 1 is 1.29 bits per heavy atom. The molecule has 0 bridgehead atoms. The summed E-state index contributed by atoms with van der Waals surface area (Å²) in [5.74, 6) is 1.94. The third kappa shape index (κ3) is 2.97. The van der Waals surface area contributed by atoms with Crippen LogP contribution in [0.1, 0.15) is 25.7 Å². The standard InChI is InChI=1S/C14H21N3/c1-2-8-15-14(5-1)17-9-3-4-12(11-17)10-16-13-6-7-13/h1-2,5,8,12-13,16H,3-4,6-7,9-11H2. The van der Waals surface area contributed by atoms with Crippen LogP contribution in [0.5, 0.6) is 0 Å². The summed E-state index contributed by atoms with van der Waals surface area (Å²) >= 11 is 0. The molecule has 1 saturated carbocycles. The van der Waals surface area contributed by atoms with Gasteiger partial charge in [0.25, 0.3) is 0 Å². The van der Waals surface area contributed by atoms with Crippen LogP contribution < -0.4 is 10.2 Å². The highest BCUT2D eigenvalue weighted by molar-refractivity contribution is 5.38. The molecule has 17 heavy (non-hydrogen) atoms. The van der Waals surface area contributed by atoms with E-state index in [9.17, 15) is 0 Å². The van der Waals surface area contributed by atoms with Gasteiger partial charge in [-0.3, -0.25) is 0 Å². The Hall–Kier alpha value is -1.09. The van der Waals surface area contributed by atoms with Gasteiger partial charge in [0.05, 0.1) is 0 Å². The van der Waals surface area contributed by atoms with Gasteiger partial charge >= 0.3 is 0 Å². The predicted octanol–water partition coefficient (Wildman–Crippen LogP) is 2.05. The minimum absolute atomic E-state index is 0.798. The van der Waals surface area contributed by atoms with Gasteiger partial charge in [-0.1, -0.05) is 6.07 Å². The van der Waals surface area contributed by atoms with E-state index in [1.807, 2.05) is 12.3 Å². The van der Waals surface area contributed by atoms with Crippen molar-refractivity contribution in [2.75, 3.05) is 24.5 Å². The third-order valence-electron chi connectivity index (χ3n) is 3.76. The van der Waals surface area contributed by atoms with Gasteiger partial charge < -0.3 is 10.2 Å². The molecule has 1 aromatic heterocycles. The van der Waals surface area contributed by atoms with Gasteiger partial charge in [0, 0.05) is 25.3 Å². The predicted molar refractivity (Wildman–Crippen MR) is 70.2 cm³/mol. The van der Waals surface area contributed by atoms with E-state index in [-0.39, 0.29) is 0 Å². The van der Waals surface area contributed by atoms with Crippen LogP contribution in [0.25, 0.3) is 0 Å².